The Balaban J connectivity index is 0.000000167. The Morgan fingerprint density at radius 2 is 0.981 bits per heavy atom. The lowest BCUT2D eigenvalue weighted by Gasteiger charge is -2.18. The van der Waals surface area contributed by atoms with Crippen molar-refractivity contribution in [3.8, 4) is 0 Å². The van der Waals surface area contributed by atoms with Crippen LogP contribution in [-0.2, 0) is 45.4 Å². The number of likely N-dealkylation sites (tertiary alicyclic amines) is 2. The van der Waals surface area contributed by atoms with Crippen LogP contribution in [0.15, 0.2) is 119 Å². The van der Waals surface area contributed by atoms with Crippen LogP contribution in [0.3, 0.4) is 0 Å². The van der Waals surface area contributed by atoms with Crippen LogP contribution in [0.25, 0.3) is 21.8 Å². The van der Waals surface area contributed by atoms with Gasteiger partial charge < -0.3 is 19.8 Å². The molecule has 1 unspecified atom stereocenters. The van der Waals surface area contributed by atoms with E-state index in [0.717, 1.165) is 35.0 Å². The molecule has 8 rings (SSSR count). The molecule has 0 spiro atoms. The Bertz CT molecular complexity index is 2220. The van der Waals surface area contributed by atoms with E-state index >= 15 is 0 Å². The largest absolute Gasteiger partial charge is 0.361 e. The molecule has 6 aromatic rings. The van der Waals surface area contributed by atoms with Gasteiger partial charge in [0.1, 0.15) is 0 Å². The lowest BCUT2D eigenvalue weighted by atomic mass is 10.0. The molecule has 284 valence electrons. The van der Waals surface area contributed by atoms with Crippen molar-refractivity contribution in [2.24, 2.45) is 0 Å². The monoisotopic (exact) mass is 764 g/mol. The Labute approximate surface area is 320 Å². The predicted octanol–water partition coefficient (Wildman–Crippen LogP) is 7.64. The summed E-state index contributed by atoms with van der Waals surface area (Å²) < 4.78 is 50.2. The third kappa shape index (κ3) is 9.00. The summed E-state index contributed by atoms with van der Waals surface area (Å²) >= 11 is 0. The number of aromatic amines is 2. The number of H-pyrrole nitrogens is 2. The third-order valence-corrected chi connectivity index (χ3v) is 14.9. The first kappa shape index (κ1) is 38.1. The fourth-order valence-corrected chi connectivity index (χ4v) is 10.7. The van der Waals surface area contributed by atoms with Crippen LogP contribution in [0.5, 0.6) is 0 Å². The first-order valence-electron chi connectivity index (χ1n) is 19.2. The number of likely N-dealkylation sites (N-methyl/N-ethyl adjacent to an activating group) is 2. The third-order valence-electron chi connectivity index (χ3n) is 11.4. The number of fused-ring (bicyclic) bond motifs is 2. The van der Waals surface area contributed by atoms with Crippen LogP contribution in [-0.4, -0.2) is 87.4 Å². The van der Waals surface area contributed by atoms with E-state index in [2.05, 4.69) is 70.5 Å². The van der Waals surface area contributed by atoms with E-state index in [4.69, 9.17) is 0 Å². The minimum absolute atomic E-state index is 0.133. The topological polar surface area (TPSA) is 106 Å². The minimum Gasteiger partial charge on any atom is -0.361 e. The zero-order valence-electron chi connectivity index (χ0n) is 31.4. The number of benzene rings is 4. The fourth-order valence-electron chi connectivity index (χ4n) is 8.08. The lowest BCUT2D eigenvalue weighted by Crippen LogP contribution is -2.26. The van der Waals surface area contributed by atoms with Gasteiger partial charge in [0, 0.05) is 46.3 Å². The summed E-state index contributed by atoms with van der Waals surface area (Å²) in [5, 5.41) is 2.45. The zero-order valence-corrected chi connectivity index (χ0v) is 33.0. The second kappa shape index (κ2) is 16.7. The highest BCUT2D eigenvalue weighted by atomic mass is 32.2. The summed E-state index contributed by atoms with van der Waals surface area (Å²) in [4.78, 5) is 12.4. The van der Waals surface area contributed by atoms with Crippen molar-refractivity contribution in [2.45, 2.75) is 73.2 Å². The molecule has 0 aliphatic carbocycles. The molecule has 8 nitrogen and oxygen atoms in total. The zero-order chi connectivity index (χ0) is 37.7. The van der Waals surface area contributed by atoms with Crippen LogP contribution in [0.1, 0.15) is 47.9 Å². The maximum absolute atomic E-state index is 12.5. The molecule has 2 atom stereocenters. The van der Waals surface area contributed by atoms with Gasteiger partial charge in [0.15, 0.2) is 19.7 Å². The lowest BCUT2D eigenvalue weighted by molar-refractivity contribution is 0.310. The average Bonchev–Trinajstić information content (AvgIpc) is 3.99. The SMILES string of the molecule is CN1CCCC1Cc1c[nH]c2ccc(CCS(=O)(=O)c3ccccc3)cc12.CN1CCC[C@@H]1Cc1c[nH]c2ccc(CCS(=O)(=O)c3ccccc3)cc12. The molecule has 0 bridgehead atoms. The smallest absolute Gasteiger partial charge is 0.178 e. The van der Waals surface area contributed by atoms with Gasteiger partial charge in [0.2, 0.25) is 0 Å². The van der Waals surface area contributed by atoms with E-state index in [9.17, 15) is 16.8 Å². The maximum Gasteiger partial charge on any atom is 0.178 e. The van der Waals surface area contributed by atoms with E-state index in [-0.39, 0.29) is 11.5 Å². The van der Waals surface area contributed by atoms with Crippen LogP contribution < -0.4 is 0 Å². The van der Waals surface area contributed by atoms with Gasteiger partial charge in [-0.2, -0.15) is 0 Å². The molecule has 0 amide bonds. The van der Waals surface area contributed by atoms with Crippen molar-refractivity contribution < 1.29 is 16.8 Å². The minimum atomic E-state index is -3.25. The highest BCUT2D eigenvalue weighted by Crippen LogP contribution is 2.28. The highest BCUT2D eigenvalue weighted by Gasteiger charge is 2.24. The van der Waals surface area contributed by atoms with Crippen LogP contribution >= 0.6 is 0 Å². The molecule has 2 saturated heterocycles. The second-order valence-electron chi connectivity index (χ2n) is 15.1. The van der Waals surface area contributed by atoms with Crippen molar-refractivity contribution >= 4 is 41.5 Å². The summed E-state index contributed by atoms with van der Waals surface area (Å²) in [5.41, 5.74) is 7.05. The van der Waals surface area contributed by atoms with Gasteiger partial charge in [-0.05, 0) is 149 Å². The van der Waals surface area contributed by atoms with Gasteiger partial charge in [-0.15, -0.1) is 0 Å². The van der Waals surface area contributed by atoms with Gasteiger partial charge >= 0.3 is 0 Å². The highest BCUT2D eigenvalue weighted by molar-refractivity contribution is 7.91. The number of aromatic nitrogens is 2. The quantitative estimate of drug-likeness (QED) is 0.133. The summed E-state index contributed by atoms with van der Waals surface area (Å²) in [6.07, 6.45) is 12.4. The molecule has 10 heteroatoms. The van der Waals surface area contributed by atoms with Crippen molar-refractivity contribution in [1.82, 2.24) is 19.8 Å². The number of nitrogens with one attached hydrogen (secondary N) is 2. The molecular formula is C44H52N4O4S2. The van der Waals surface area contributed by atoms with Gasteiger partial charge in [-0.25, -0.2) is 16.8 Å². The summed E-state index contributed by atoms with van der Waals surface area (Å²) in [5.74, 6) is 0.265. The molecule has 2 aromatic heterocycles. The molecular weight excluding hydrogens is 713 g/mol. The van der Waals surface area contributed by atoms with Crippen molar-refractivity contribution in [3.05, 3.63) is 132 Å². The van der Waals surface area contributed by atoms with Crippen molar-refractivity contribution in [1.29, 1.82) is 0 Å². The van der Waals surface area contributed by atoms with E-state index in [0.29, 0.717) is 34.7 Å². The summed E-state index contributed by atoms with van der Waals surface area (Å²) in [6, 6.07) is 31.2. The van der Waals surface area contributed by atoms with Gasteiger partial charge in [0.25, 0.3) is 0 Å². The van der Waals surface area contributed by atoms with E-state index in [1.54, 1.807) is 48.5 Å². The molecule has 2 aliphatic rings. The molecule has 2 aliphatic heterocycles. The first-order chi connectivity index (χ1) is 26.1. The number of hydrogen-bond acceptors (Lipinski definition) is 6. The molecule has 2 N–H and O–H groups in total. The number of aryl methyl sites for hydroxylation is 2. The molecule has 4 aromatic carbocycles. The average molecular weight is 765 g/mol. The van der Waals surface area contributed by atoms with Crippen molar-refractivity contribution in [3.63, 3.8) is 0 Å². The van der Waals surface area contributed by atoms with Crippen LogP contribution in [0.2, 0.25) is 0 Å². The molecule has 2 fully saturated rings. The van der Waals surface area contributed by atoms with Gasteiger partial charge in [0.05, 0.1) is 21.3 Å². The standard InChI is InChI=1S/2C22H26N2O2S/c2*1-24-12-5-6-19(24)15-18-16-23-22-10-9-17(14-21(18)22)11-13-27(25,26)20-7-3-2-4-8-20/h2*2-4,7-10,14,16,19,23H,5-6,11-13,15H2,1H3/t19-;/m1./s1. The maximum atomic E-state index is 12.5. The fraction of sp³-hybridized carbons (Fsp3) is 0.364. The number of hydrogen-bond donors (Lipinski definition) is 2. The van der Waals surface area contributed by atoms with E-state index in [1.807, 2.05) is 24.3 Å². The Morgan fingerprint density at radius 3 is 1.35 bits per heavy atom. The first-order valence-corrected chi connectivity index (χ1v) is 22.5. The number of nitrogens with zero attached hydrogens (tertiary/aromatic N) is 2. The Kier molecular flexibility index (Phi) is 11.7. The molecule has 54 heavy (non-hydrogen) atoms. The summed E-state index contributed by atoms with van der Waals surface area (Å²) in [6.45, 7) is 2.35. The molecule has 0 radical (unpaired) electrons. The van der Waals surface area contributed by atoms with Gasteiger partial charge in [-0.1, -0.05) is 48.5 Å². The van der Waals surface area contributed by atoms with E-state index in [1.165, 1.54) is 60.7 Å². The van der Waals surface area contributed by atoms with E-state index < -0.39 is 19.7 Å². The Morgan fingerprint density at radius 1 is 0.574 bits per heavy atom. The van der Waals surface area contributed by atoms with Crippen LogP contribution in [0, 0.1) is 0 Å². The normalized spacial score (nSPS) is 18.3. The molecule has 0 saturated carbocycles. The predicted molar refractivity (Wildman–Crippen MR) is 220 cm³/mol. The second-order valence-corrected chi connectivity index (χ2v) is 19.3. The van der Waals surface area contributed by atoms with Crippen LogP contribution in [0.4, 0.5) is 0 Å². The van der Waals surface area contributed by atoms with Gasteiger partial charge in [-0.3, -0.25) is 0 Å². The number of sulfone groups is 2. The van der Waals surface area contributed by atoms with Crippen molar-refractivity contribution in [2.75, 3.05) is 38.7 Å². The summed E-state index contributed by atoms with van der Waals surface area (Å²) in [7, 11) is -2.10. The molecule has 4 heterocycles. The Hall–Kier alpha value is -4.22. The number of rotatable bonds is 12.